The molecule has 0 amide bonds. The van der Waals surface area contributed by atoms with Crippen LogP contribution in [0.25, 0.3) is 10.9 Å². The van der Waals surface area contributed by atoms with Crippen molar-refractivity contribution in [2.75, 3.05) is 6.54 Å². The molecule has 0 spiro atoms. The van der Waals surface area contributed by atoms with E-state index in [0.29, 0.717) is 35.7 Å². The summed E-state index contributed by atoms with van der Waals surface area (Å²) in [6, 6.07) is 7.26. The third-order valence-corrected chi connectivity index (χ3v) is 2.70. The van der Waals surface area contributed by atoms with Gasteiger partial charge in [-0.25, -0.2) is 4.98 Å². The average Bonchev–Trinajstić information content (AvgIpc) is 2.31. The molecule has 0 unspecified atom stereocenters. The van der Waals surface area contributed by atoms with E-state index < -0.39 is 0 Å². The molecule has 2 heterocycles. The van der Waals surface area contributed by atoms with Gasteiger partial charge in [0.05, 0.1) is 17.4 Å². The topological polar surface area (TPSA) is 73.3 Å². The predicted molar refractivity (Wildman–Crippen MR) is 61.6 cm³/mol. The van der Waals surface area contributed by atoms with Crippen LogP contribution in [0, 0.1) is 0 Å². The lowest BCUT2D eigenvalue weighted by Crippen LogP contribution is -2.35. The number of hydrogen-bond donors (Lipinski definition) is 1. The SMILES string of the molecule is NC1=NCCn2c1nc1ccccc1c2=O. The van der Waals surface area contributed by atoms with Crippen LogP contribution in [-0.4, -0.2) is 21.9 Å². The van der Waals surface area contributed by atoms with Crippen LogP contribution < -0.4 is 11.3 Å². The van der Waals surface area contributed by atoms with E-state index in [-0.39, 0.29) is 5.56 Å². The molecule has 0 bridgehead atoms. The molecular formula is C11H10N4O. The van der Waals surface area contributed by atoms with Gasteiger partial charge in [-0.15, -0.1) is 0 Å². The Bertz CT molecular complexity index is 657. The van der Waals surface area contributed by atoms with Crippen LogP contribution in [0.3, 0.4) is 0 Å². The third-order valence-electron chi connectivity index (χ3n) is 2.70. The Hall–Kier alpha value is -2.17. The van der Waals surface area contributed by atoms with Crippen LogP contribution in [0.5, 0.6) is 0 Å². The molecule has 3 rings (SSSR count). The number of rotatable bonds is 0. The van der Waals surface area contributed by atoms with E-state index in [1.54, 1.807) is 16.7 Å². The van der Waals surface area contributed by atoms with E-state index in [2.05, 4.69) is 9.98 Å². The molecule has 0 saturated carbocycles. The second-order valence-corrected chi connectivity index (χ2v) is 3.68. The van der Waals surface area contributed by atoms with Gasteiger partial charge < -0.3 is 5.73 Å². The van der Waals surface area contributed by atoms with Crippen molar-refractivity contribution in [1.29, 1.82) is 0 Å². The Kier molecular flexibility index (Phi) is 1.80. The highest BCUT2D eigenvalue weighted by atomic mass is 16.1. The standard InChI is InChI=1S/C11H10N4O/c12-9-10-14-8-4-2-1-3-7(8)11(16)15(10)6-5-13-9/h1-4H,5-6H2,(H2,12,13). The van der Waals surface area contributed by atoms with Crippen molar-refractivity contribution in [3.8, 4) is 0 Å². The Labute approximate surface area is 91.2 Å². The molecule has 16 heavy (non-hydrogen) atoms. The fraction of sp³-hybridized carbons (Fsp3) is 0.182. The minimum absolute atomic E-state index is 0.0431. The number of aromatic nitrogens is 2. The Morgan fingerprint density at radius 1 is 1.31 bits per heavy atom. The lowest BCUT2D eigenvalue weighted by Gasteiger charge is -2.15. The summed E-state index contributed by atoms with van der Waals surface area (Å²) in [4.78, 5) is 20.6. The number of benzene rings is 1. The second kappa shape index (κ2) is 3.16. The maximum atomic E-state index is 12.1. The Morgan fingerprint density at radius 3 is 3.00 bits per heavy atom. The average molecular weight is 214 g/mol. The number of aliphatic imine (C=N–C) groups is 1. The van der Waals surface area contributed by atoms with E-state index in [1.165, 1.54) is 0 Å². The molecule has 1 aromatic carbocycles. The van der Waals surface area contributed by atoms with Gasteiger partial charge in [-0.05, 0) is 12.1 Å². The van der Waals surface area contributed by atoms with E-state index in [1.807, 2.05) is 12.1 Å². The molecule has 2 N–H and O–H groups in total. The van der Waals surface area contributed by atoms with Gasteiger partial charge in [0.25, 0.3) is 5.56 Å². The summed E-state index contributed by atoms with van der Waals surface area (Å²) in [5.41, 5.74) is 6.36. The molecule has 5 heteroatoms. The number of nitrogens with two attached hydrogens (primary N) is 1. The molecule has 1 aliphatic heterocycles. The maximum Gasteiger partial charge on any atom is 0.261 e. The van der Waals surface area contributed by atoms with Gasteiger partial charge in [-0.3, -0.25) is 14.4 Å². The predicted octanol–water partition coefficient (Wildman–Crippen LogP) is 0.115. The van der Waals surface area contributed by atoms with E-state index >= 15 is 0 Å². The van der Waals surface area contributed by atoms with Crippen molar-refractivity contribution in [3.05, 3.63) is 40.4 Å². The zero-order chi connectivity index (χ0) is 11.1. The number of nitrogens with zero attached hydrogens (tertiary/aromatic N) is 3. The first kappa shape index (κ1) is 9.08. The summed E-state index contributed by atoms with van der Waals surface area (Å²) in [6.45, 7) is 1.09. The first-order valence-electron chi connectivity index (χ1n) is 5.07. The summed E-state index contributed by atoms with van der Waals surface area (Å²) >= 11 is 0. The van der Waals surface area contributed by atoms with Crippen LogP contribution in [0.4, 0.5) is 0 Å². The molecule has 5 nitrogen and oxygen atoms in total. The summed E-state index contributed by atoms with van der Waals surface area (Å²) in [5, 5.41) is 0.626. The molecular weight excluding hydrogens is 204 g/mol. The molecule has 0 atom stereocenters. The lowest BCUT2D eigenvalue weighted by molar-refractivity contribution is 0.647. The zero-order valence-electron chi connectivity index (χ0n) is 8.55. The number of para-hydroxylation sites is 1. The second-order valence-electron chi connectivity index (χ2n) is 3.68. The number of fused-ring (bicyclic) bond motifs is 2. The van der Waals surface area contributed by atoms with Gasteiger partial charge >= 0.3 is 0 Å². The lowest BCUT2D eigenvalue weighted by atomic mass is 10.2. The smallest absolute Gasteiger partial charge is 0.261 e. The van der Waals surface area contributed by atoms with Crippen molar-refractivity contribution in [3.63, 3.8) is 0 Å². The number of hydrogen-bond acceptors (Lipinski definition) is 4. The summed E-state index contributed by atoms with van der Waals surface area (Å²) in [7, 11) is 0. The summed E-state index contributed by atoms with van der Waals surface area (Å²) < 4.78 is 1.59. The van der Waals surface area contributed by atoms with Crippen molar-refractivity contribution in [1.82, 2.24) is 9.55 Å². The first-order valence-corrected chi connectivity index (χ1v) is 5.07. The molecule has 1 aromatic heterocycles. The molecule has 2 aromatic rings. The van der Waals surface area contributed by atoms with Crippen molar-refractivity contribution < 1.29 is 0 Å². The van der Waals surface area contributed by atoms with E-state index in [9.17, 15) is 4.79 Å². The van der Waals surface area contributed by atoms with Crippen LogP contribution in [-0.2, 0) is 6.54 Å². The van der Waals surface area contributed by atoms with Crippen LogP contribution in [0.1, 0.15) is 5.82 Å². The van der Waals surface area contributed by atoms with Crippen molar-refractivity contribution >= 4 is 16.7 Å². The van der Waals surface area contributed by atoms with Crippen LogP contribution >= 0.6 is 0 Å². The van der Waals surface area contributed by atoms with Gasteiger partial charge in [0, 0.05) is 6.54 Å². The third kappa shape index (κ3) is 1.14. The monoisotopic (exact) mass is 214 g/mol. The molecule has 0 aliphatic carbocycles. The van der Waals surface area contributed by atoms with Crippen LogP contribution in [0.2, 0.25) is 0 Å². The fourth-order valence-electron chi connectivity index (χ4n) is 1.91. The molecule has 0 fully saturated rings. The van der Waals surface area contributed by atoms with E-state index in [4.69, 9.17) is 5.73 Å². The zero-order valence-corrected chi connectivity index (χ0v) is 8.55. The Balaban J connectivity index is 2.47. The van der Waals surface area contributed by atoms with Gasteiger partial charge in [0.2, 0.25) is 0 Å². The first-order chi connectivity index (χ1) is 7.77. The fourth-order valence-corrected chi connectivity index (χ4v) is 1.91. The minimum Gasteiger partial charge on any atom is -0.381 e. The quantitative estimate of drug-likeness (QED) is 0.676. The number of amidine groups is 1. The highest BCUT2D eigenvalue weighted by molar-refractivity contribution is 5.96. The van der Waals surface area contributed by atoms with Crippen LogP contribution in [0.15, 0.2) is 34.1 Å². The highest BCUT2D eigenvalue weighted by Gasteiger charge is 2.16. The van der Waals surface area contributed by atoms with Gasteiger partial charge in [-0.2, -0.15) is 0 Å². The largest absolute Gasteiger partial charge is 0.381 e. The minimum atomic E-state index is -0.0431. The van der Waals surface area contributed by atoms with Gasteiger partial charge in [0.15, 0.2) is 11.7 Å². The van der Waals surface area contributed by atoms with Gasteiger partial charge in [-0.1, -0.05) is 12.1 Å². The molecule has 80 valence electrons. The molecule has 0 saturated heterocycles. The Morgan fingerprint density at radius 2 is 2.12 bits per heavy atom. The summed E-state index contributed by atoms with van der Waals surface area (Å²) in [5.74, 6) is 0.823. The van der Waals surface area contributed by atoms with Gasteiger partial charge in [0.1, 0.15) is 0 Å². The van der Waals surface area contributed by atoms with Crippen molar-refractivity contribution in [2.24, 2.45) is 10.7 Å². The highest BCUT2D eigenvalue weighted by Crippen LogP contribution is 2.09. The molecule has 0 radical (unpaired) electrons. The maximum absolute atomic E-state index is 12.1. The molecule has 1 aliphatic rings. The normalized spacial score (nSPS) is 14.6. The van der Waals surface area contributed by atoms with Crippen molar-refractivity contribution in [2.45, 2.75) is 6.54 Å². The summed E-state index contributed by atoms with van der Waals surface area (Å²) in [6.07, 6.45) is 0. The van der Waals surface area contributed by atoms with E-state index in [0.717, 1.165) is 0 Å².